The first kappa shape index (κ1) is 13.2. The zero-order valence-electron chi connectivity index (χ0n) is 9.55. The minimum Gasteiger partial charge on any atom is -0.462 e. The van der Waals surface area contributed by atoms with Gasteiger partial charge in [-0.25, -0.2) is 4.79 Å². The Morgan fingerprint density at radius 2 is 1.93 bits per heavy atom. The highest BCUT2D eigenvalue weighted by Gasteiger charge is 2.20. The van der Waals surface area contributed by atoms with Gasteiger partial charge in [-0.05, 0) is 13.8 Å². The zero-order valence-corrected chi connectivity index (χ0v) is 9.55. The Kier molecular flexibility index (Phi) is 5.46. The SMILES string of the molecule is C=C(C)C(=O)OCC(C)(C)COCC. The lowest BCUT2D eigenvalue weighted by atomic mass is 9.96. The van der Waals surface area contributed by atoms with E-state index in [2.05, 4.69) is 6.58 Å². The van der Waals surface area contributed by atoms with Gasteiger partial charge in [0, 0.05) is 17.6 Å². The molecule has 0 rings (SSSR count). The van der Waals surface area contributed by atoms with Crippen molar-refractivity contribution in [1.29, 1.82) is 0 Å². The van der Waals surface area contributed by atoms with Gasteiger partial charge in [0.15, 0.2) is 0 Å². The van der Waals surface area contributed by atoms with Crippen LogP contribution < -0.4 is 0 Å². The van der Waals surface area contributed by atoms with Crippen LogP contribution in [0.25, 0.3) is 0 Å². The molecule has 82 valence electrons. The second-order valence-electron chi connectivity index (χ2n) is 4.16. The molecule has 14 heavy (non-hydrogen) atoms. The third kappa shape index (κ3) is 5.75. The van der Waals surface area contributed by atoms with Crippen LogP contribution in [-0.2, 0) is 14.3 Å². The van der Waals surface area contributed by atoms with Crippen LogP contribution in [0.5, 0.6) is 0 Å². The second kappa shape index (κ2) is 5.81. The first-order chi connectivity index (χ1) is 6.39. The van der Waals surface area contributed by atoms with E-state index in [1.54, 1.807) is 6.92 Å². The summed E-state index contributed by atoms with van der Waals surface area (Å²) in [4.78, 5) is 11.1. The van der Waals surface area contributed by atoms with Crippen molar-refractivity contribution in [3.05, 3.63) is 12.2 Å². The summed E-state index contributed by atoms with van der Waals surface area (Å²) >= 11 is 0. The average molecular weight is 200 g/mol. The van der Waals surface area contributed by atoms with Crippen LogP contribution in [0, 0.1) is 5.41 Å². The molecule has 0 N–H and O–H groups in total. The van der Waals surface area contributed by atoms with E-state index in [0.717, 1.165) is 0 Å². The summed E-state index contributed by atoms with van der Waals surface area (Å²) in [5.41, 5.74) is 0.290. The molecular formula is C11H20O3. The van der Waals surface area contributed by atoms with Crippen LogP contribution in [0.4, 0.5) is 0 Å². The first-order valence-corrected chi connectivity index (χ1v) is 4.79. The van der Waals surface area contributed by atoms with E-state index in [1.165, 1.54) is 0 Å². The predicted octanol–water partition coefficient (Wildman–Crippen LogP) is 2.17. The van der Waals surface area contributed by atoms with Gasteiger partial charge in [-0.2, -0.15) is 0 Å². The summed E-state index contributed by atoms with van der Waals surface area (Å²) in [6.07, 6.45) is 0. The van der Waals surface area contributed by atoms with E-state index >= 15 is 0 Å². The van der Waals surface area contributed by atoms with Crippen LogP contribution in [0.1, 0.15) is 27.7 Å². The number of hydrogen-bond acceptors (Lipinski definition) is 3. The second-order valence-corrected chi connectivity index (χ2v) is 4.16. The van der Waals surface area contributed by atoms with Crippen molar-refractivity contribution in [2.45, 2.75) is 27.7 Å². The fourth-order valence-electron chi connectivity index (χ4n) is 0.804. The fourth-order valence-corrected chi connectivity index (χ4v) is 0.804. The molecule has 0 radical (unpaired) electrons. The Bertz CT molecular complexity index is 207. The molecule has 0 aromatic heterocycles. The third-order valence-corrected chi connectivity index (χ3v) is 1.64. The summed E-state index contributed by atoms with van der Waals surface area (Å²) in [5, 5.41) is 0. The number of carbonyl (C=O) groups is 1. The summed E-state index contributed by atoms with van der Waals surface area (Å²) in [6.45, 7) is 12.7. The molecule has 3 heteroatoms. The van der Waals surface area contributed by atoms with Gasteiger partial charge in [0.2, 0.25) is 0 Å². The van der Waals surface area contributed by atoms with Crippen molar-refractivity contribution >= 4 is 5.97 Å². The standard InChI is InChI=1S/C11H20O3/c1-6-13-7-11(4,5)8-14-10(12)9(2)3/h2,6-8H2,1,3-5H3. The maximum Gasteiger partial charge on any atom is 0.333 e. The van der Waals surface area contributed by atoms with Crippen molar-refractivity contribution in [3.8, 4) is 0 Å². The van der Waals surface area contributed by atoms with Crippen molar-refractivity contribution in [1.82, 2.24) is 0 Å². The molecule has 3 nitrogen and oxygen atoms in total. The smallest absolute Gasteiger partial charge is 0.333 e. The van der Waals surface area contributed by atoms with Crippen LogP contribution in [0.15, 0.2) is 12.2 Å². The molecule has 0 unspecified atom stereocenters. The quantitative estimate of drug-likeness (QED) is 0.487. The lowest BCUT2D eigenvalue weighted by Crippen LogP contribution is -2.27. The molecule has 0 fully saturated rings. The lowest BCUT2D eigenvalue weighted by molar-refractivity contribution is -0.143. The van der Waals surface area contributed by atoms with Crippen LogP contribution in [-0.4, -0.2) is 25.8 Å². The van der Waals surface area contributed by atoms with Gasteiger partial charge in [-0.15, -0.1) is 0 Å². The van der Waals surface area contributed by atoms with Crippen LogP contribution in [0.3, 0.4) is 0 Å². The number of carbonyl (C=O) groups excluding carboxylic acids is 1. The molecule has 0 aromatic rings. The monoisotopic (exact) mass is 200 g/mol. The van der Waals surface area contributed by atoms with Gasteiger partial charge in [-0.1, -0.05) is 20.4 Å². The third-order valence-electron chi connectivity index (χ3n) is 1.64. The Hall–Kier alpha value is -0.830. The molecule has 0 aliphatic carbocycles. The molecule has 0 aliphatic heterocycles. The summed E-state index contributed by atoms with van der Waals surface area (Å²) in [6, 6.07) is 0. The minimum absolute atomic E-state index is 0.138. The van der Waals surface area contributed by atoms with Gasteiger partial charge in [0.05, 0.1) is 13.2 Å². The number of hydrogen-bond donors (Lipinski definition) is 0. The van der Waals surface area contributed by atoms with Crippen LogP contribution in [0.2, 0.25) is 0 Å². The molecule has 0 amide bonds. The van der Waals surface area contributed by atoms with Crippen molar-refractivity contribution in [2.24, 2.45) is 5.41 Å². The molecule has 0 bridgehead atoms. The fraction of sp³-hybridized carbons (Fsp3) is 0.727. The number of ether oxygens (including phenoxy) is 2. The van der Waals surface area contributed by atoms with Crippen molar-refractivity contribution in [2.75, 3.05) is 19.8 Å². The van der Waals surface area contributed by atoms with Gasteiger partial charge < -0.3 is 9.47 Å². The van der Waals surface area contributed by atoms with Crippen molar-refractivity contribution < 1.29 is 14.3 Å². The van der Waals surface area contributed by atoms with E-state index in [-0.39, 0.29) is 11.4 Å². The largest absolute Gasteiger partial charge is 0.462 e. The van der Waals surface area contributed by atoms with Gasteiger partial charge in [0.25, 0.3) is 0 Å². The van der Waals surface area contributed by atoms with E-state index in [1.807, 2.05) is 20.8 Å². The molecule has 0 atom stereocenters. The molecule has 0 saturated carbocycles. The van der Waals surface area contributed by atoms with Gasteiger partial charge in [-0.3, -0.25) is 0 Å². The Labute approximate surface area is 86.1 Å². The Balaban J connectivity index is 3.86. The maximum absolute atomic E-state index is 11.1. The van der Waals surface area contributed by atoms with Gasteiger partial charge >= 0.3 is 5.97 Å². The van der Waals surface area contributed by atoms with E-state index in [4.69, 9.17) is 9.47 Å². The molecule has 0 aliphatic rings. The number of rotatable bonds is 6. The van der Waals surface area contributed by atoms with E-state index in [9.17, 15) is 4.79 Å². The highest BCUT2D eigenvalue weighted by Crippen LogP contribution is 2.16. The van der Waals surface area contributed by atoms with Gasteiger partial charge in [0.1, 0.15) is 0 Å². The van der Waals surface area contributed by atoms with Crippen LogP contribution >= 0.6 is 0 Å². The topological polar surface area (TPSA) is 35.5 Å². The average Bonchev–Trinajstić information content (AvgIpc) is 2.11. The molecule has 0 heterocycles. The zero-order chi connectivity index (χ0) is 11.2. The maximum atomic E-state index is 11.1. The molecule has 0 aromatic carbocycles. The molecule has 0 saturated heterocycles. The summed E-state index contributed by atoms with van der Waals surface area (Å²) < 4.78 is 10.3. The van der Waals surface area contributed by atoms with E-state index in [0.29, 0.717) is 25.4 Å². The molecule has 0 spiro atoms. The summed E-state index contributed by atoms with van der Waals surface area (Å²) in [7, 11) is 0. The highest BCUT2D eigenvalue weighted by molar-refractivity contribution is 5.86. The molecular weight excluding hydrogens is 180 g/mol. The first-order valence-electron chi connectivity index (χ1n) is 4.79. The van der Waals surface area contributed by atoms with E-state index < -0.39 is 0 Å². The number of esters is 1. The Morgan fingerprint density at radius 1 is 1.36 bits per heavy atom. The minimum atomic E-state index is -0.338. The lowest BCUT2D eigenvalue weighted by Gasteiger charge is -2.23. The summed E-state index contributed by atoms with van der Waals surface area (Å²) in [5.74, 6) is -0.338. The highest BCUT2D eigenvalue weighted by atomic mass is 16.5. The van der Waals surface area contributed by atoms with Crippen molar-refractivity contribution in [3.63, 3.8) is 0 Å². The Morgan fingerprint density at radius 3 is 2.36 bits per heavy atom. The predicted molar refractivity (Wildman–Crippen MR) is 56.0 cm³/mol. The normalized spacial score (nSPS) is 11.1.